The number of hydrogen-bond acceptors (Lipinski definition) is 7. The van der Waals surface area contributed by atoms with E-state index in [1.807, 2.05) is 6.92 Å². The van der Waals surface area contributed by atoms with Gasteiger partial charge in [-0.2, -0.15) is 13.5 Å². The summed E-state index contributed by atoms with van der Waals surface area (Å²) < 4.78 is 31.8. The van der Waals surface area contributed by atoms with E-state index in [9.17, 15) is 17.8 Å². The Kier molecular flexibility index (Phi) is 6.01. The molecule has 0 saturated heterocycles. The minimum Gasteiger partial charge on any atom is -0.398 e. The van der Waals surface area contributed by atoms with E-state index in [2.05, 4.69) is 15.5 Å². The van der Waals surface area contributed by atoms with Crippen LogP contribution >= 0.6 is 0 Å². The Morgan fingerprint density at radius 1 is 0.853 bits per heavy atom. The molecule has 4 aromatic rings. The van der Waals surface area contributed by atoms with Gasteiger partial charge in [-0.15, -0.1) is 5.11 Å². The monoisotopic (exact) mass is 475 g/mol. The molecule has 0 aliphatic carbocycles. The van der Waals surface area contributed by atoms with E-state index in [-0.39, 0.29) is 10.8 Å². The number of aryl methyl sites for hydroxylation is 1. The molecule has 172 valence electrons. The number of carbonyl (C=O) groups excluding carboxylic acids is 1. The van der Waals surface area contributed by atoms with Crippen LogP contribution in [0.5, 0.6) is 0 Å². The fourth-order valence-electron chi connectivity index (χ4n) is 3.27. The van der Waals surface area contributed by atoms with E-state index in [4.69, 9.17) is 11.5 Å². The Labute approximate surface area is 195 Å². The predicted molar refractivity (Wildman–Crippen MR) is 132 cm³/mol. The highest BCUT2D eigenvalue weighted by molar-refractivity contribution is 7.85. The first-order chi connectivity index (χ1) is 16.1. The minimum absolute atomic E-state index is 0.191. The summed E-state index contributed by atoms with van der Waals surface area (Å²) in [5.41, 5.74) is 15.6. The van der Waals surface area contributed by atoms with Crippen molar-refractivity contribution >= 4 is 55.2 Å². The van der Waals surface area contributed by atoms with Gasteiger partial charge in [0.05, 0.1) is 16.3 Å². The molecule has 0 heterocycles. The van der Waals surface area contributed by atoms with Crippen LogP contribution < -0.4 is 16.8 Å². The Morgan fingerprint density at radius 2 is 1.53 bits per heavy atom. The number of benzene rings is 4. The molecule has 0 saturated carbocycles. The number of rotatable bonds is 5. The molecule has 6 N–H and O–H groups in total. The van der Waals surface area contributed by atoms with Crippen LogP contribution in [0.15, 0.2) is 87.9 Å². The Bertz CT molecular complexity index is 1550. The van der Waals surface area contributed by atoms with Gasteiger partial charge >= 0.3 is 0 Å². The molecule has 10 heteroatoms. The summed E-state index contributed by atoms with van der Waals surface area (Å²) in [6.45, 7) is 1.85. The summed E-state index contributed by atoms with van der Waals surface area (Å²) in [6, 6.07) is 19.2. The molecule has 0 aromatic heterocycles. The first kappa shape index (κ1) is 22.9. The molecular formula is C24H21N5O4S. The predicted octanol–water partition coefficient (Wildman–Crippen LogP) is 5.23. The average Bonchev–Trinajstić information content (AvgIpc) is 2.80. The van der Waals surface area contributed by atoms with Gasteiger partial charge in [0.2, 0.25) is 0 Å². The number of hydrogen-bond donors (Lipinski definition) is 4. The molecular weight excluding hydrogens is 454 g/mol. The lowest BCUT2D eigenvalue weighted by Crippen LogP contribution is -2.11. The largest absolute Gasteiger partial charge is 0.398 e. The van der Waals surface area contributed by atoms with Crippen molar-refractivity contribution in [3.05, 3.63) is 83.9 Å². The van der Waals surface area contributed by atoms with Crippen molar-refractivity contribution in [2.45, 2.75) is 11.8 Å². The maximum absolute atomic E-state index is 12.6. The molecule has 0 aliphatic heterocycles. The highest BCUT2D eigenvalue weighted by Crippen LogP contribution is 2.29. The zero-order valence-corrected chi connectivity index (χ0v) is 18.9. The van der Waals surface area contributed by atoms with Crippen molar-refractivity contribution in [3.8, 4) is 0 Å². The van der Waals surface area contributed by atoms with E-state index in [1.54, 1.807) is 60.7 Å². The van der Waals surface area contributed by atoms with Crippen molar-refractivity contribution in [2.24, 2.45) is 10.2 Å². The number of nitrogen functional groups attached to an aromatic ring is 2. The molecule has 0 aliphatic rings. The Hall–Kier alpha value is -4.28. The van der Waals surface area contributed by atoms with Crippen LogP contribution in [0.2, 0.25) is 0 Å². The molecule has 4 rings (SSSR count). The van der Waals surface area contributed by atoms with Crippen LogP contribution in [0.1, 0.15) is 15.9 Å². The standard InChI is InChI=1S/C24H21N5O4S/c1-14-10-23(22(26)13-21(14)25)29-28-18-6-2-15(3-7-18)24(30)27-19-8-4-17-12-20(34(31,32)33)9-5-16(17)11-19/h2-13H,25-26H2,1H3,(H,27,30)(H,31,32,33). The van der Waals surface area contributed by atoms with E-state index < -0.39 is 10.1 Å². The lowest BCUT2D eigenvalue weighted by atomic mass is 10.1. The third kappa shape index (κ3) is 5.03. The number of nitrogens with one attached hydrogen (secondary N) is 1. The Morgan fingerprint density at radius 3 is 2.24 bits per heavy atom. The van der Waals surface area contributed by atoms with Gasteiger partial charge in [0.25, 0.3) is 16.0 Å². The number of anilines is 3. The lowest BCUT2D eigenvalue weighted by Gasteiger charge is -2.08. The van der Waals surface area contributed by atoms with Crippen LogP contribution in [0, 0.1) is 6.92 Å². The van der Waals surface area contributed by atoms with Gasteiger partial charge in [-0.1, -0.05) is 12.1 Å². The normalized spacial score (nSPS) is 11.7. The average molecular weight is 476 g/mol. The SMILES string of the molecule is Cc1cc(N=Nc2ccc(C(=O)Nc3ccc4cc(S(=O)(=O)O)ccc4c3)cc2)c(N)cc1N. The van der Waals surface area contributed by atoms with Crippen LogP contribution in [0.4, 0.5) is 28.4 Å². The van der Waals surface area contributed by atoms with Gasteiger partial charge in [0.1, 0.15) is 5.69 Å². The molecule has 1 amide bonds. The number of fused-ring (bicyclic) bond motifs is 1. The topological polar surface area (TPSA) is 160 Å². The second-order valence-electron chi connectivity index (χ2n) is 7.67. The molecule has 0 radical (unpaired) electrons. The lowest BCUT2D eigenvalue weighted by molar-refractivity contribution is 0.102. The summed E-state index contributed by atoms with van der Waals surface area (Å²) in [4.78, 5) is 12.4. The van der Waals surface area contributed by atoms with Gasteiger partial charge in [0, 0.05) is 16.9 Å². The smallest absolute Gasteiger partial charge is 0.294 e. The van der Waals surface area contributed by atoms with Crippen LogP contribution in [-0.4, -0.2) is 18.9 Å². The minimum atomic E-state index is -4.28. The van der Waals surface area contributed by atoms with Crippen molar-refractivity contribution < 1.29 is 17.8 Å². The fraction of sp³-hybridized carbons (Fsp3) is 0.0417. The number of nitrogens with zero attached hydrogens (tertiary/aromatic N) is 2. The number of amides is 1. The van der Waals surface area contributed by atoms with Gasteiger partial charge in [0.15, 0.2) is 0 Å². The molecule has 0 unspecified atom stereocenters. The van der Waals surface area contributed by atoms with Gasteiger partial charge < -0.3 is 16.8 Å². The van der Waals surface area contributed by atoms with Crippen molar-refractivity contribution in [1.82, 2.24) is 0 Å². The summed E-state index contributed by atoms with van der Waals surface area (Å²) in [5.74, 6) is -0.323. The molecule has 0 fully saturated rings. The molecule has 0 bridgehead atoms. The maximum Gasteiger partial charge on any atom is 0.294 e. The summed E-state index contributed by atoms with van der Waals surface area (Å²) in [7, 11) is -4.28. The van der Waals surface area contributed by atoms with E-state index in [1.165, 1.54) is 12.1 Å². The summed E-state index contributed by atoms with van der Waals surface area (Å²) in [6.07, 6.45) is 0. The van der Waals surface area contributed by atoms with Crippen LogP contribution in [0.25, 0.3) is 10.8 Å². The van der Waals surface area contributed by atoms with Crippen molar-refractivity contribution in [2.75, 3.05) is 16.8 Å². The van der Waals surface area contributed by atoms with Crippen LogP contribution in [0.3, 0.4) is 0 Å². The number of carbonyl (C=O) groups is 1. The molecule has 0 spiro atoms. The van der Waals surface area contributed by atoms with Crippen molar-refractivity contribution in [3.63, 3.8) is 0 Å². The van der Waals surface area contributed by atoms with Crippen molar-refractivity contribution in [1.29, 1.82) is 0 Å². The van der Waals surface area contributed by atoms with Gasteiger partial charge in [-0.3, -0.25) is 9.35 Å². The first-order valence-electron chi connectivity index (χ1n) is 10.1. The van der Waals surface area contributed by atoms with E-state index in [0.29, 0.717) is 44.8 Å². The number of azo groups is 1. The summed E-state index contributed by atoms with van der Waals surface area (Å²) in [5, 5.41) is 12.4. The molecule has 9 nitrogen and oxygen atoms in total. The second-order valence-corrected chi connectivity index (χ2v) is 9.09. The zero-order chi connectivity index (χ0) is 24.5. The third-order valence-corrected chi connectivity index (χ3v) is 6.04. The molecule has 0 atom stereocenters. The second kappa shape index (κ2) is 8.93. The first-order valence-corrected chi connectivity index (χ1v) is 11.5. The summed E-state index contributed by atoms with van der Waals surface area (Å²) >= 11 is 0. The maximum atomic E-state index is 12.6. The number of nitrogens with two attached hydrogens (primary N) is 2. The molecule has 34 heavy (non-hydrogen) atoms. The van der Waals surface area contributed by atoms with Crippen LogP contribution in [-0.2, 0) is 10.1 Å². The quantitative estimate of drug-likeness (QED) is 0.176. The Balaban J connectivity index is 1.47. The van der Waals surface area contributed by atoms with E-state index in [0.717, 1.165) is 5.56 Å². The van der Waals surface area contributed by atoms with E-state index >= 15 is 0 Å². The van der Waals surface area contributed by atoms with Gasteiger partial charge in [-0.25, -0.2) is 0 Å². The fourth-order valence-corrected chi connectivity index (χ4v) is 3.79. The van der Waals surface area contributed by atoms with Gasteiger partial charge in [-0.05, 0) is 83.9 Å². The zero-order valence-electron chi connectivity index (χ0n) is 18.1. The highest BCUT2D eigenvalue weighted by Gasteiger charge is 2.11. The third-order valence-electron chi connectivity index (χ3n) is 5.19. The highest BCUT2D eigenvalue weighted by atomic mass is 32.2. The molecule has 4 aromatic carbocycles.